The maximum Gasteiger partial charge on any atom is 0.338 e. The Morgan fingerprint density at radius 3 is 2.69 bits per heavy atom. The molecule has 29 heavy (non-hydrogen) atoms. The van der Waals surface area contributed by atoms with Crippen molar-refractivity contribution in [2.24, 2.45) is 0 Å². The molecule has 1 aliphatic rings. The van der Waals surface area contributed by atoms with Crippen molar-refractivity contribution in [2.45, 2.75) is 19.4 Å². The van der Waals surface area contributed by atoms with E-state index in [0.717, 1.165) is 6.26 Å². The molecule has 1 aliphatic heterocycles. The van der Waals surface area contributed by atoms with Crippen LogP contribution in [0.1, 0.15) is 23.7 Å². The third kappa shape index (κ3) is 4.86. The highest BCUT2D eigenvalue weighted by atomic mass is 32.2. The molecular weight excluding hydrogens is 396 g/mol. The van der Waals surface area contributed by atoms with Crippen molar-refractivity contribution < 1.29 is 27.5 Å². The zero-order chi connectivity index (χ0) is 21.0. The average Bonchev–Trinajstić information content (AvgIpc) is 2.88. The van der Waals surface area contributed by atoms with Gasteiger partial charge in [0.25, 0.3) is 5.91 Å². The van der Waals surface area contributed by atoms with Gasteiger partial charge in [-0.25, -0.2) is 13.2 Å². The minimum atomic E-state index is -3.52. The SMILES string of the molecule is CCOC(=O)c1cccc(NC(=O)C2CCN(S(C)(=O)=O)c3ccccc3O2)c1. The van der Waals surface area contributed by atoms with Crippen molar-refractivity contribution in [3.8, 4) is 5.75 Å². The van der Waals surface area contributed by atoms with Gasteiger partial charge in [0.2, 0.25) is 10.0 Å². The number of carbonyl (C=O) groups is 2. The Balaban J connectivity index is 1.79. The first kappa shape index (κ1) is 20.7. The first-order valence-corrected chi connectivity index (χ1v) is 11.0. The van der Waals surface area contributed by atoms with Crippen LogP contribution in [0.15, 0.2) is 48.5 Å². The highest BCUT2D eigenvalue weighted by Crippen LogP contribution is 2.34. The minimum Gasteiger partial charge on any atom is -0.478 e. The van der Waals surface area contributed by atoms with E-state index in [2.05, 4.69) is 5.32 Å². The topological polar surface area (TPSA) is 102 Å². The van der Waals surface area contributed by atoms with E-state index in [1.807, 2.05) is 0 Å². The van der Waals surface area contributed by atoms with Crippen molar-refractivity contribution in [1.82, 2.24) is 0 Å². The summed E-state index contributed by atoms with van der Waals surface area (Å²) in [5.74, 6) is -0.598. The summed E-state index contributed by atoms with van der Waals surface area (Å²) in [5, 5.41) is 2.72. The second-order valence-electron chi connectivity index (χ2n) is 6.49. The number of fused-ring (bicyclic) bond motifs is 1. The summed E-state index contributed by atoms with van der Waals surface area (Å²) in [6.45, 7) is 2.07. The molecule has 9 heteroatoms. The predicted octanol–water partition coefficient (Wildman–Crippen LogP) is 2.42. The van der Waals surface area contributed by atoms with E-state index >= 15 is 0 Å². The van der Waals surface area contributed by atoms with Gasteiger partial charge in [-0.2, -0.15) is 0 Å². The molecule has 0 saturated carbocycles. The number of nitrogens with zero attached hydrogens (tertiary/aromatic N) is 1. The number of hydrogen-bond donors (Lipinski definition) is 1. The van der Waals surface area contributed by atoms with Gasteiger partial charge < -0.3 is 14.8 Å². The number of ether oxygens (including phenoxy) is 2. The Labute approximate surface area is 169 Å². The van der Waals surface area contributed by atoms with Crippen LogP contribution >= 0.6 is 0 Å². The summed E-state index contributed by atoms with van der Waals surface area (Å²) in [6.07, 6.45) is 0.394. The van der Waals surface area contributed by atoms with Crippen molar-refractivity contribution in [3.05, 3.63) is 54.1 Å². The predicted molar refractivity (Wildman–Crippen MR) is 109 cm³/mol. The van der Waals surface area contributed by atoms with Crippen LogP contribution in [0.5, 0.6) is 5.75 Å². The molecule has 0 radical (unpaired) electrons. The fraction of sp³-hybridized carbons (Fsp3) is 0.300. The number of anilines is 2. The number of amides is 1. The fourth-order valence-electron chi connectivity index (χ4n) is 3.02. The summed E-state index contributed by atoms with van der Waals surface area (Å²) >= 11 is 0. The highest BCUT2D eigenvalue weighted by molar-refractivity contribution is 7.92. The van der Waals surface area contributed by atoms with Crippen molar-refractivity contribution in [2.75, 3.05) is 29.0 Å². The van der Waals surface area contributed by atoms with Gasteiger partial charge in [0.05, 0.1) is 24.1 Å². The molecule has 0 spiro atoms. The van der Waals surface area contributed by atoms with Gasteiger partial charge in [-0.1, -0.05) is 18.2 Å². The van der Waals surface area contributed by atoms with Crippen LogP contribution in [0, 0.1) is 0 Å². The molecule has 1 atom stereocenters. The summed E-state index contributed by atoms with van der Waals surface area (Å²) in [4.78, 5) is 24.6. The first-order chi connectivity index (χ1) is 13.8. The summed E-state index contributed by atoms with van der Waals surface area (Å²) < 4.78 is 36.3. The van der Waals surface area contributed by atoms with Crippen LogP contribution in [0.4, 0.5) is 11.4 Å². The minimum absolute atomic E-state index is 0.108. The smallest absolute Gasteiger partial charge is 0.338 e. The van der Waals surface area contributed by atoms with Crippen LogP contribution in [0.25, 0.3) is 0 Å². The lowest BCUT2D eigenvalue weighted by Crippen LogP contribution is -2.36. The highest BCUT2D eigenvalue weighted by Gasteiger charge is 2.31. The molecule has 0 bridgehead atoms. The second-order valence-corrected chi connectivity index (χ2v) is 8.40. The maximum absolute atomic E-state index is 12.8. The molecule has 3 rings (SSSR count). The van der Waals surface area contributed by atoms with Crippen molar-refractivity contribution in [3.63, 3.8) is 0 Å². The van der Waals surface area contributed by atoms with E-state index in [0.29, 0.717) is 22.7 Å². The number of benzene rings is 2. The van der Waals surface area contributed by atoms with Crippen LogP contribution < -0.4 is 14.4 Å². The van der Waals surface area contributed by atoms with Crippen LogP contribution in [-0.2, 0) is 19.6 Å². The lowest BCUT2D eigenvalue weighted by molar-refractivity contribution is -0.122. The quantitative estimate of drug-likeness (QED) is 0.748. The Morgan fingerprint density at radius 2 is 1.97 bits per heavy atom. The van der Waals surface area contributed by atoms with E-state index in [-0.39, 0.29) is 19.6 Å². The zero-order valence-corrected chi connectivity index (χ0v) is 16.9. The van der Waals surface area contributed by atoms with Crippen LogP contribution in [-0.4, -0.2) is 45.8 Å². The number of rotatable bonds is 5. The Morgan fingerprint density at radius 1 is 1.21 bits per heavy atom. The number of sulfonamides is 1. The molecule has 0 saturated heterocycles. The molecule has 1 heterocycles. The molecule has 0 fully saturated rings. The monoisotopic (exact) mass is 418 g/mol. The van der Waals surface area contributed by atoms with Gasteiger partial charge in [0, 0.05) is 18.7 Å². The Hall–Kier alpha value is -3.07. The average molecular weight is 418 g/mol. The molecule has 154 valence electrons. The fourth-order valence-corrected chi connectivity index (χ4v) is 3.97. The molecule has 1 amide bonds. The van der Waals surface area contributed by atoms with E-state index < -0.39 is 28.0 Å². The first-order valence-electron chi connectivity index (χ1n) is 9.11. The molecule has 1 N–H and O–H groups in total. The lowest BCUT2D eigenvalue weighted by atomic mass is 10.2. The standard InChI is InChI=1S/C20H22N2O6S/c1-3-27-20(24)14-7-6-8-15(13-14)21-19(23)18-11-12-22(29(2,25)26)16-9-4-5-10-17(16)28-18/h4-10,13,18H,3,11-12H2,1-2H3,(H,21,23). The van der Waals surface area contributed by atoms with Gasteiger partial charge in [0.15, 0.2) is 6.10 Å². The molecule has 0 aliphatic carbocycles. The van der Waals surface area contributed by atoms with E-state index in [9.17, 15) is 18.0 Å². The van der Waals surface area contributed by atoms with E-state index in [4.69, 9.17) is 9.47 Å². The number of hydrogen-bond acceptors (Lipinski definition) is 6. The largest absolute Gasteiger partial charge is 0.478 e. The molecule has 0 aromatic heterocycles. The van der Waals surface area contributed by atoms with Gasteiger partial charge in [-0.15, -0.1) is 0 Å². The number of para-hydroxylation sites is 2. The summed E-state index contributed by atoms with van der Waals surface area (Å²) in [5.41, 5.74) is 1.14. The maximum atomic E-state index is 12.8. The molecule has 2 aromatic carbocycles. The van der Waals surface area contributed by atoms with Crippen molar-refractivity contribution in [1.29, 1.82) is 0 Å². The van der Waals surface area contributed by atoms with Gasteiger partial charge in [0.1, 0.15) is 5.75 Å². The second kappa shape index (κ2) is 8.52. The molecule has 2 aromatic rings. The normalized spacial score (nSPS) is 16.2. The Bertz CT molecular complexity index is 1020. The molecule has 1 unspecified atom stereocenters. The number of esters is 1. The lowest BCUT2D eigenvalue weighted by Gasteiger charge is -2.20. The summed E-state index contributed by atoms with van der Waals surface area (Å²) in [7, 11) is -3.52. The van der Waals surface area contributed by atoms with Crippen molar-refractivity contribution >= 4 is 33.3 Å². The van der Waals surface area contributed by atoms with Gasteiger partial charge in [-0.05, 0) is 37.3 Å². The third-order valence-corrected chi connectivity index (χ3v) is 5.51. The van der Waals surface area contributed by atoms with E-state index in [1.165, 1.54) is 10.4 Å². The van der Waals surface area contributed by atoms with Gasteiger partial charge >= 0.3 is 5.97 Å². The van der Waals surface area contributed by atoms with Crippen LogP contribution in [0.2, 0.25) is 0 Å². The Kier molecular flexibility index (Phi) is 6.07. The van der Waals surface area contributed by atoms with Crippen LogP contribution in [0.3, 0.4) is 0 Å². The molecule has 8 nitrogen and oxygen atoms in total. The number of nitrogens with one attached hydrogen (secondary N) is 1. The zero-order valence-electron chi connectivity index (χ0n) is 16.1. The van der Waals surface area contributed by atoms with Gasteiger partial charge in [-0.3, -0.25) is 9.10 Å². The third-order valence-electron chi connectivity index (χ3n) is 4.33. The molecular formula is C20H22N2O6S. The number of carbonyl (C=O) groups excluding carboxylic acids is 2. The summed E-state index contributed by atoms with van der Waals surface area (Å²) in [6, 6.07) is 13.1. The van der Waals surface area contributed by atoms with E-state index in [1.54, 1.807) is 49.4 Å².